The Bertz CT molecular complexity index is 667. The van der Waals surface area contributed by atoms with Gasteiger partial charge in [-0.25, -0.2) is 4.98 Å². The van der Waals surface area contributed by atoms with Crippen molar-refractivity contribution in [2.24, 2.45) is 0 Å². The van der Waals surface area contributed by atoms with Gasteiger partial charge in [0, 0.05) is 18.8 Å². The van der Waals surface area contributed by atoms with Crippen LogP contribution in [-0.2, 0) is 17.8 Å². The van der Waals surface area contributed by atoms with Crippen molar-refractivity contribution in [3.8, 4) is 0 Å². The summed E-state index contributed by atoms with van der Waals surface area (Å²) in [4.78, 5) is 32.2. The highest BCUT2D eigenvalue weighted by Crippen LogP contribution is 2.13. The van der Waals surface area contributed by atoms with Crippen molar-refractivity contribution in [2.45, 2.75) is 31.5 Å². The number of H-pyrrole nitrogens is 1. The fourth-order valence-corrected chi connectivity index (χ4v) is 2.74. The summed E-state index contributed by atoms with van der Waals surface area (Å²) in [7, 11) is 1.72. The second-order valence-electron chi connectivity index (χ2n) is 4.91. The van der Waals surface area contributed by atoms with E-state index in [0.717, 1.165) is 24.3 Å². The fraction of sp³-hybridized carbons (Fsp3) is 0.400. The number of rotatable bonds is 7. The zero-order valence-electron chi connectivity index (χ0n) is 12.7. The molecule has 118 valence electrons. The summed E-state index contributed by atoms with van der Waals surface area (Å²) in [5.41, 5.74) is 0.572. The molecule has 0 bridgehead atoms. The van der Waals surface area contributed by atoms with Crippen LogP contribution in [0.15, 0.2) is 38.8 Å². The summed E-state index contributed by atoms with van der Waals surface area (Å²) < 4.78 is 5.21. The Morgan fingerprint density at radius 3 is 3.00 bits per heavy atom. The van der Waals surface area contributed by atoms with Gasteiger partial charge in [-0.05, 0) is 18.6 Å². The van der Waals surface area contributed by atoms with Crippen molar-refractivity contribution < 1.29 is 9.21 Å². The number of hydrogen-bond acceptors (Lipinski definition) is 5. The first kappa shape index (κ1) is 16.4. The third kappa shape index (κ3) is 4.77. The molecule has 0 spiro atoms. The minimum absolute atomic E-state index is 0.0510. The normalized spacial score (nSPS) is 10.6. The minimum Gasteiger partial charge on any atom is -0.467 e. The number of carbonyl (C=O) groups is 1. The third-order valence-corrected chi connectivity index (χ3v) is 3.87. The molecule has 0 atom stereocenters. The number of amides is 1. The minimum atomic E-state index is -0.183. The van der Waals surface area contributed by atoms with Crippen molar-refractivity contribution in [2.75, 3.05) is 12.8 Å². The molecule has 2 aromatic heterocycles. The van der Waals surface area contributed by atoms with Crippen LogP contribution in [0.1, 0.15) is 24.8 Å². The molecule has 0 fully saturated rings. The molecule has 0 aliphatic carbocycles. The lowest BCUT2D eigenvalue weighted by Gasteiger charge is -2.15. The van der Waals surface area contributed by atoms with Crippen LogP contribution < -0.4 is 5.56 Å². The number of thioether (sulfide) groups is 1. The Hall–Kier alpha value is -2.02. The lowest BCUT2D eigenvalue weighted by Crippen LogP contribution is -2.27. The molecular formula is C15H19N3O3S. The van der Waals surface area contributed by atoms with Gasteiger partial charge in [0.05, 0.1) is 18.6 Å². The Morgan fingerprint density at radius 1 is 1.50 bits per heavy atom. The Morgan fingerprint density at radius 2 is 2.32 bits per heavy atom. The van der Waals surface area contributed by atoms with E-state index < -0.39 is 0 Å². The van der Waals surface area contributed by atoms with E-state index in [1.165, 1.54) is 17.8 Å². The summed E-state index contributed by atoms with van der Waals surface area (Å²) in [6.07, 6.45) is 3.26. The van der Waals surface area contributed by atoms with Crippen LogP contribution >= 0.6 is 11.8 Å². The molecule has 0 radical (unpaired) electrons. The molecule has 0 saturated heterocycles. The van der Waals surface area contributed by atoms with Gasteiger partial charge in [0.15, 0.2) is 5.16 Å². The molecule has 0 aliphatic heterocycles. The van der Waals surface area contributed by atoms with Gasteiger partial charge in [-0.2, -0.15) is 0 Å². The molecule has 0 saturated carbocycles. The van der Waals surface area contributed by atoms with Crippen LogP contribution in [0.3, 0.4) is 0 Å². The average molecular weight is 321 g/mol. The van der Waals surface area contributed by atoms with Gasteiger partial charge >= 0.3 is 0 Å². The largest absolute Gasteiger partial charge is 0.467 e. The van der Waals surface area contributed by atoms with Crippen molar-refractivity contribution in [1.29, 1.82) is 0 Å². The molecule has 2 aromatic rings. The Labute approximate surface area is 132 Å². The lowest BCUT2D eigenvalue weighted by molar-refractivity contribution is -0.127. The maximum atomic E-state index is 12.1. The Balaban J connectivity index is 1.91. The van der Waals surface area contributed by atoms with E-state index in [1.807, 2.05) is 13.0 Å². The molecule has 2 rings (SSSR count). The first-order chi connectivity index (χ1) is 10.6. The molecule has 0 aliphatic rings. The quantitative estimate of drug-likeness (QED) is 0.624. The summed E-state index contributed by atoms with van der Waals surface area (Å²) >= 11 is 1.24. The van der Waals surface area contributed by atoms with Crippen LogP contribution in [0.2, 0.25) is 0 Å². The van der Waals surface area contributed by atoms with E-state index in [1.54, 1.807) is 24.3 Å². The number of aromatic nitrogens is 2. The van der Waals surface area contributed by atoms with Gasteiger partial charge < -0.3 is 14.3 Å². The van der Waals surface area contributed by atoms with Gasteiger partial charge in [-0.15, -0.1) is 0 Å². The van der Waals surface area contributed by atoms with E-state index >= 15 is 0 Å². The predicted octanol–water partition coefficient (Wildman–Crippen LogP) is 2.07. The van der Waals surface area contributed by atoms with Gasteiger partial charge in [0.25, 0.3) is 5.56 Å². The average Bonchev–Trinajstić information content (AvgIpc) is 2.97. The first-order valence-corrected chi connectivity index (χ1v) is 8.06. The summed E-state index contributed by atoms with van der Waals surface area (Å²) in [5.74, 6) is 0.901. The zero-order valence-corrected chi connectivity index (χ0v) is 13.5. The highest BCUT2D eigenvalue weighted by molar-refractivity contribution is 7.99. The highest BCUT2D eigenvalue weighted by Gasteiger charge is 2.12. The van der Waals surface area contributed by atoms with Gasteiger partial charge in [0.2, 0.25) is 5.91 Å². The van der Waals surface area contributed by atoms with E-state index in [9.17, 15) is 9.59 Å². The van der Waals surface area contributed by atoms with E-state index in [-0.39, 0.29) is 17.2 Å². The SMILES string of the molecule is CCCc1cc(=O)[nH]c(SCC(=O)N(C)Cc2ccco2)n1. The van der Waals surface area contributed by atoms with Crippen LogP contribution in [0.4, 0.5) is 0 Å². The van der Waals surface area contributed by atoms with E-state index in [2.05, 4.69) is 9.97 Å². The van der Waals surface area contributed by atoms with Crippen LogP contribution in [-0.4, -0.2) is 33.6 Å². The zero-order chi connectivity index (χ0) is 15.9. The van der Waals surface area contributed by atoms with Gasteiger partial charge in [0.1, 0.15) is 5.76 Å². The molecule has 0 aromatic carbocycles. The molecule has 0 unspecified atom stereocenters. The van der Waals surface area contributed by atoms with Crippen molar-refractivity contribution in [1.82, 2.24) is 14.9 Å². The molecule has 22 heavy (non-hydrogen) atoms. The van der Waals surface area contributed by atoms with Crippen molar-refractivity contribution >= 4 is 17.7 Å². The molecule has 2 heterocycles. The van der Waals surface area contributed by atoms with Gasteiger partial charge in [-0.3, -0.25) is 9.59 Å². The van der Waals surface area contributed by atoms with Crippen molar-refractivity contribution in [3.05, 3.63) is 46.3 Å². The number of furan rings is 1. The fourth-order valence-electron chi connectivity index (χ4n) is 1.90. The summed E-state index contributed by atoms with van der Waals surface area (Å²) in [6.45, 7) is 2.45. The highest BCUT2D eigenvalue weighted by atomic mass is 32.2. The number of nitrogens with one attached hydrogen (secondary N) is 1. The van der Waals surface area contributed by atoms with Crippen LogP contribution in [0, 0.1) is 0 Å². The monoisotopic (exact) mass is 321 g/mol. The number of aryl methyl sites for hydroxylation is 1. The molecule has 7 heteroatoms. The van der Waals surface area contributed by atoms with E-state index in [0.29, 0.717) is 11.7 Å². The molecular weight excluding hydrogens is 302 g/mol. The topological polar surface area (TPSA) is 79.2 Å². The van der Waals surface area contributed by atoms with Gasteiger partial charge in [-0.1, -0.05) is 25.1 Å². The first-order valence-electron chi connectivity index (χ1n) is 7.08. The molecule has 6 nitrogen and oxygen atoms in total. The maximum absolute atomic E-state index is 12.1. The number of hydrogen-bond donors (Lipinski definition) is 1. The summed E-state index contributed by atoms with van der Waals surface area (Å²) in [6, 6.07) is 5.11. The van der Waals surface area contributed by atoms with Crippen LogP contribution in [0.25, 0.3) is 0 Å². The maximum Gasteiger partial charge on any atom is 0.251 e. The smallest absolute Gasteiger partial charge is 0.251 e. The lowest BCUT2D eigenvalue weighted by atomic mass is 10.2. The summed E-state index contributed by atoms with van der Waals surface area (Å²) in [5, 5.41) is 0.482. The van der Waals surface area contributed by atoms with Crippen LogP contribution in [0.5, 0.6) is 0 Å². The third-order valence-electron chi connectivity index (χ3n) is 3.01. The Kier molecular flexibility index (Phi) is 5.83. The number of carbonyl (C=O) groups excluding carboxylic acids is 1. The second kappa shape index (κ2) is 7.84. The van der Waals surface area contributed by atoms with Crippen molar-refractivity contribution in [3.63, 3.8) is 0 Å². The van der Waals surface area contributed by atoms with E-state index in [4.69, 9.17) is 4.42 Å². The number of aromatic amines is 1. The predicted molar refractivity (Wildman–Crippen MR) is 84.8 cm³/mol. The number of nitrogens with zero attached hydrogens (tertiary/aromatic N) is 2. The standard InChI is InChI=1S/C15H19N3O3S/c1-3-5-11-8-13(19)17-15(16-11)22-10-14(20)18(2)9-12-6-4-7-21-12/h4,6-8H,3,5,9-10H2,1-2H3,(H,16,17,19). The second-order valence-corrected chi connectivity index (χ2v) is 5.87. The molecule has 1 N–H and O–H groups in total. The molecule has 1 amide bonds.